The van der Waals surface area contributed by atoms with Crippen LogP contribution in [0, 0.1) is 0 Å². The highest BCUT2D eigenvalue weighted by Crippen LogP contribution is 2.58. The van der Waals surface area contributed by atoms with E-state index in [-0.39, 0.29) is 3.60 Å². The minimum Gasteiger partial charge on any atom is -0.345 e. The van der Waals surface area contributed by atoms with Gasteiger partial charge in [0.2, 0.25) is 3.60 Å². The van der Waals surface area contributed by atoms with Crippen molar-refractivity contribution >= 4 is 35.3 Å². The summed E-state index contributed by atoms with van der Waals surface area (Å²) in [6.07, 6.45) is 4.00. The summed E-state index contributed by atoms with van der Waals surface area (Å²) in [6, 6.07) is 0. The molecule has 76 valence electrons. The molecule has 4 heteroatoms. The molecule has 2 heterocycles. The Morgan fingerprint density at radius 2 is 2.15 bits per heavy atom. The number of hydrogen-bond acceptors (Lipinski definition) is 4. The Hall–Kier alpha value is 1.01. The normalized spacial score (nSPS) is 31.6. The van der Waals surface area contributed by atoms with Gasteiger partial charge in [0, 0.05) is 16.8 Å². The fourth-order valence-corrected chi connectivity index (χ4v) is 6.70. The van der Waals surface area contributed by atoms with Gasteiger partial charge in [-0.2, -0.15) is 0 Å². The smallest absolute Gasteiger partial charge is 0.209 e. The molecule has 0 aromatic heterocycles. The number of rotatable bonds is 3. The monoisotopic (exact) mass is 236 g/mol. The van der Waals surface area contributed by atoms with Gasteiger partial charge < -0.3 is 4.74 Å². The van der Waals surface area contributed by atoms with Crippen molar-refractivity contribution in [1.29, 1.82) is 0 Å². The Bertz CT molecular complexity index is 168. The van der Waals surface area contributed by atoms with Gasteiger partial charge in [-0.3, -0.25) is 0 Å². The van der Waals surface area contributed by atoms with Crippen LogP contribution in [-0.2, 0) is 4.74 Å². The van der Waals surface area contributed by atoms with Crippen LogP contribution >= 0.6 is 35.3 Å². The molecule has 2 rings (SSSR count). The highest BCUT2D eigenvalue weighted by molar-refractivity contribution is 8.35. The van der Waals surface area contributed by atoms with Crippen molar-refractivity contribution in [3.05, 3.63) is 0 Å². The average molecular weight is 236 g/mol. The van der Waals surface area contributed by atoms with Crippen molar-refractivity contribution in [3.8, 4) is 0 Å². The van der Waals surface area contributed by atoms with E-state index in [2.05, 4.69) is 18.7 Å². The molecule has 1 nitrogen and oxygen atoms in total. The Morgan fingerprint density at radius 3 is 2.85 bits per heavy atom. The van der Waals surface area contributed by atoms with Gasteiger partial charge in [0.15, 0.2) is 0 Å². The lowest BCUT2D eigenvalue weighted by Gasteiger charge is -2.18. The van der Waals surface area contributed by atoms with Crippen molar-refractivity contribution in [3.63, 3.8) is 0 Å². The summed E-state index contributed by atoms with van der Waals surface area (Å²) in [7, 11) is 0. The lowest BCUT2D eigenvalue weighted by molar-refractivity contribution is 0.164. The average Bonchev–Trinajstić information content (AvgIpc) is 2.74. The zero-order chi connectivity index (χ0) is 9.15. The molecular formula is C9H16OS3. The first-order chi connectivity index (χ1) is 6.35. The molecule has 0 radical (unpaired) electrons. The van der Waals surface area contributed by atoms with Crippen LogP contribution in [-0.4, -0.2) is 27.0 Å². The molecule has 0 amide bonds. The van der Waals surface area contributed by atoms with Crippen LogP contribution in [0.5, 0.6) is 0 Å². The largest absolute Gasteiger partial charge is 0.345 e. The van der Waals surface area contributed by atoms with E-state index in [4.69, 9.17) is 4.74 Å². The molecule has 0 aromatic carbocycles. The van der Waals surface area contributed by atoms with Crippen LogP contribution in [0.2, 0.25) is 0 Å². The van der Waals surface area contributed by atoms with Crippen molar-refractivity contribution in [2.45, 2.75) is 35.0 Å². The summed E-state index contributed by atoms with van der Waals surface area (Å²) in [5.41, 5.74) is 0. The maximum Gasteiger partial charge on any atom is 0.209 e. The molecule has 13 heavy (non-hydrogen) atoms. The third-order valence-electron chi connectivity index (χ3n) is 2.28. The SMILES string of the molecule is CCCCC1COC2(SCCS2)S1. The predicted molar refractivity (Wildman–Crippen MR) is 64.5 cm³/mol. The zero-order valence-corrected chi connectivity index (χ0v) is 10.4. The summed E-state index contributed by atoms with van der Waals surface area (Å²) in [4.78, 5) is 0. The van der Waals surface area contributed by atoms with Gasteiger partial charge in [-0.05, 0) is 6.42 Å². The van der Waals surface area contributed by atoms with E-state index in [1.807, 2.05) is 23.5 Å². The summed E-state index contributed by atoms with van der Waals surface area (Å²) >= 11 is 6.05. The molecule has 1 atom stereocenters. The molecule has 0 N–H and O–H groups in total. The molecule has 1 unspecified atom stereocenters. The lowest BCUT2D eigenvalue weighted by atomic mass is 10.2. The molecule has 0 saturated carbocycles. The van der Waals surface area contributed by atoms with E-state index in [1.54, 1.807) is 0 Å². The third kappa shape index (κ3) is 2.52. The third-order valence-corrected chi connectivity index (χ3v) is 7.40. The Balaban J connectivity index is 1.79. The van der Waals surface area contributed by atoms with Crippen molar-refractivity contribution in [1.82, 2.24) is 0 Å². The van der Waals surface area contributed by atoms with E-state index < -0.39 is 0 Å². The first kappa shape index (κ1) is 10.5. The standard InChI is InChI=1S/C9H16OS3/c1-2-3-4-8-7-10-9(13-8)11-5-6-12-9/h8H,2-7H2,1H3. The van der Waals surface area contributed by atoms with Gasteiger partial charge in [0.1, 0.15) is 0 Å². The maximum absolute atomic E-state index is 5.90. The molecule has 0 aromatic rings. The quantitative estimate of drug-likeness (QED) is 0.742. The summed E-state index contributed by atoms with van der Waals surface area (Å²) in [5, 5.41) is 0.762. The van der Waals surface area contributed by atoms with Gasteiger partial charge >= 0.3 is 0 Å². The number of thioether (sulfide) groups is 3. The fraction of sp³-hybridized carbons (Fsp3) is 1.00. The first-order valence-electron chi connectivity index (χ1n) is 4.94. The van der Waals surface area contributed by atoms with Crippen LogP contribution < -0.4 is 0 Å². The molecule has 2 aliphatic heterocycles. The second-order valence-corrected chi connectivity index (χ2v) is 8.19. The summed E-state index contributed by atoms with van der Waals surface area (Å²) in [5.74, 6) is 2.52. The van der Waals surface area contributed by atoms with Gasteiger partial charge in [-0.1, -0.05) is 31.5 Å². The highest BCUT2D eigenvalue weighted by Gasteiger charge is 2.44. The second-order valence-electron chi connectivity index (χ2n) is 3.39. The fourth-order valence-electron chi connectivity index (χ4n) is 1.57. The highest BCUT2D eigenvalue weighted by atomic mass is 32.3. The minimum absolute atomic E-state index is 0.110. The predicted octanol–water partition coefficient (Wildman–Crippen LogP) is 3.40. The molecule has 2 saturated heterocycles. The second kappa shape index (κ2) is 4.69. The molecule has 2 aliphatic rings. The van der Waals surface area contributed by atoms with E-state index in [1.165, 1.54) is 30.8 Å². The molecule has 0 aliphatic carbocycles. The van der Waals surface area contributed by atoms with Gasteiger partial charge in [0.05, 0.1) is 6.61 Å². The van der Waals surface area contributed by atoms with E-state index in [0.717, 1.165) is 11.9 Å². The van der Waals surface area contributed by atoms with Crippen LogP contribution in [0.25, 0.3) is 0 Å². The number of hydrogen-bond donors (Lipinski definition) is 0. The topological polar surface area (TPSA) is 9.23 Å². The maximum atomic E-state index is 5.90. The van der Waals surface area contributed by atoms with Gasteiger partial charge in [-0.15, -0.1) is 23.5 Å². The van der Waals surface area contributed by atoms with Crippen LogP contribution in [0.3, 0.4) is 0 Å². The van der Waals surface area contributed by atoms with Crippen LogP contribution in [0.15, 0.2) is 0 Å². The first-order valence-corrected chi connectivity index (χ1v) is 7.79. The van der Waals surface area contributed by atoms with Crippen molar-refractivity contribution in [2.75, 3.05) is 18.1 Å². The van der Waals surface area contributed by atoms with Gasteiger partial charge in [0.25, 0.3) is 0 Å². The van der Waals surface area contributed by atoms with Crippen LogP contribution in [0.4, 0.5) is 0 Å². The molecular weight excluding hydrogens is 220 g/mol. The number of ether oxygens (including phenoxy) is 1. The Kier molecular flexibility index (Phi) is 3.79. The molecule has 1 spiro atoms. The van der Waals surface area contributed by atoms with E-state index in [0.29, 0.717) is 0 Å². The van der Waals surface area contributed by atoms with Crippen molar-refractivity contribution in [2.24, 2.45) is 0 Å². The minimum atomic E-state index is 0.110. The molecule has 0 bridgehead atoms. The van der Waals surface area contributed by atoms with Gasteiger partial charge in [-0.25, -0.2) is 0 Å². The van der Waals surface area contributed by atoms with Crippen molar-refractivity contribution < 1.29 is 4.74 Å². The van der Waals surface area contributed by atoms with E-state index >= 15 is 0 Å². The lowest BCUT2D eigenvalue weighted by Crippen LogP contribution is -2.08. The summed E-state index contributed by atoms with van der Waals surface area (Å²) < 4.78 is 6.01. The Labute approximate surface area is 93.1 Å². The van der Waals surface area contributed by atoms with Crippen LogP contribution in [0.1, 0.15) is 26.2 Å². The number of unbranched alkanes of at least 4 members (excludes halogenated alkanes) is 1. The summed E-state index contributed by atoms with van der Waals surface area (Å²) in [6.45, 7) is 3.24. The molecule has 2 fully saturated rings. The zero-order valence-electron chi connectivity index (χ0n) is 7.95. The van der Waals surface area contributed by atoms with E-state index in [9.17, 15) is 0 Å². The Morgan fingerprint density at radius 1 is 1.38 bits per heavy atom.